The second-order valence-electron chi connectivity index (χ2n) is 1.82. The molecule has 0 saturated heterocycles. The van der Waals surface area contributed by atoms with Gasteiger partial charge < -0.3 is 4.42 Å². The van der Waals surface area contributed by atoms with Gasteiger partial charge in [-0.1, -0.05) is 0 Å². The minimum atomic E-state index is 0.703. The maximum absolute atomic E-state index is 5.08. The van der Waals surface area contributed by atoms with Gasteiger partial charge in [-0.2, -0.15) is 0 Å². The van der Waals surface area contributed by atoms with E-state index in [1.807, 2.05) is 0 Å². The van der Waals surface area contributed by atoms with Crippen molar-refractivity contribution in [2.75, 3.05) is 0 Å². The molecule has 0 atom stereocenters. The van der Waals surface area contributed by atoms with Crippen molar-refractivity contribution >= 4 is 27.0 Å². The molecule has 2 aromatic rings. The van der Waals surface area contributed by atoms with Crippen LogP contribution >= 0.6 is 15.9 Å². The van der Waals surface area contributed by atoms with Gasteiger partial charge in [0, 0.05) is 0 Å². The lowest BCUT2D eigenvalue weighted by Gasteiger charge is -1.82. The Balaban J connectivity index is 2.93. The van der Waals surface area contributed by atoms with Gasteiger partial charge in [-0.25, -0.2) is 9.97 Å². The highest BCUT2D eigenvalue weighted by Gasteiger charge is 2.01. The number of aromatic nitrogens is 2. The normalized spacial score (nSPS) is 10.5. The van der Waals surface area contributed by atoms with Crippen LogP contribution in [0.4, 0.5) is 0 Å². The summed E-state index contributed by atoms with van der Waals surface area (Å²) in [4.78, 5) is 7.79. The van der Waals surface area contributed by atoms with Crippen LogP contribution in [0.25, 0.3) is 11.1 Å². The molecule has 0 aliphatic carbocycles. The quantitative estimate of drug-likeness (QED) is 0.651. The van der Waals surface area contributed by atoms with Crippen molar-refractivity contribution in [2.24, 2.45) is 0 Å². The Morgan fingerprint density at radius 2 is 2.40 bits per heavy atom. The van der Waals surface area contributed by atoms with E-state index in [2.05, 4.69) is 25.9 Å². The molecule has 0 spiro atoms. The predicted molar refractivity (Wildman–Crippen MR) is 39.5 cm³/mol. The Morgan fingerprint density at radius 3 is 3.20 bits per heavy atom. The van der Waals surface area contributed by atoms with Gasteiger partial charge in [0.25, 0.3) is 0 Å². The predicted octanol–water partition coefficient (Wildman–Crippen LogP) is 1.99. The summed E-state index contributed by atoms with van der Waals surface area (Å²) in [5, 5.41) is 0. The summed E-state index contributed by atoms with van der Waals surface area (Å²) in [7, 11) is 0. The summed E-state index contributed by atoms with van der Waals surface area (Å²) < 4.78 is 5.94. The Hall–Kier alpha value is -0.900. The number of nitrogens with zero attached hydrogens (tertiary/aromatic N) is 2. The lowest BCUT2D eigenvalue weighted by atomic mass is 10.5. The molecular formula is C6H3BrN2O. The summed E-state index contributed by atoms with van der Waals surface area (Å²) in [6.07, 6.45) is 4.72. The van der Waals surface area contributed by atoms with E-state index in [1.165, 1.54) is 6.33 Å². The van der Waals surface area contributed by atoms with Crippen molar-refractivity contribution in [1.82, 2.24) is 9.97 Å². The van der Waals surface area contributed by atoms with E-state index >= 15 is 0 Å². The molecule has 0 saturated carbocycles. The van der Waals surface area contributed by atoms with Crippen molar-refractivity contribution in [3.8, 4) is 0 Å². The highest BCUT2D eigenvalue weighted by molar-refractivity contribution is 9.10. The number of furan rings is 1. The Bertz CT molecular complexity index is 357. The van der Waals surface area contributed by atoms with Crippen LogP contribution in [0.5, 0.6) is 0 Å². The minimum absolute atomic E-state index is 0.703. The molecule has 0 aromatic carbocycles. The Morgan fingerprint density at radius 1 is 1.50 bits per heavy atom. The third kappa shape index (κ3) is 0.724. The molecule has 0 amide bonds. The number of hydrogen-bond donors (Lipinski definition) is 0. The van der Waals surface area contributed by atoms with E-state index in [4.69, 9.17) is 4.42 Å². The van der Waals surface area contributed by atoms with Crippen LogP contribution in [0.15, 0.2) is 27.7 Å². The van der Waals surface area contributed by atoms with E-state index in [-0.39, 0.29) is 0 Å². The molecule has 0 aliphatic heterocycles. The van der Waals surface area contributed by atoms with Gasteiger partial charge in [-0.3, -0.25) is 0 Å². The molecule has 0 fully saturated rings. The average Bonchev–Trinajstić information content (AvgIpc) is 2.34. The zero-order valence-corrected chi connectivity index (χ0v) is 6.50. The van der Waals surface area contributed by atoms with Crippen LogP contribution in [0, 0.1) is 0 Å². The summed E-state index contributed by atoms with van der Waals surface area (Å²) in [6, 6.07) is 0. The molecular weight excluding hydrogens is 196 g/mol. The van der Waals surface area contributed by atoms with Crippen LogP contribution in [0.2, 0.25) is 0 Å². The summed E-state index contributed by atoms with van der Waals surface area (Å²) in [6.45, 7) is 0. The first-order valence-corrected chi connectivity index (χ1v) is 3.50. The lowest BCUT2D eigenvalue weighted by molar-refractivity contribution is 0.611. The number of fused-ring (bicyclic) bond motifs is 1. The van der Waals surface area contributed by atoms with Crippen molar-refractivity contribution in [2.45, 2.75) is 0 Å². The molecule has 3 nitrogen and oxygen atoms in total. The summed E-state index contributed by atoms with van der Waals surface area (Å²) in [5.41, 5.74) is 1.52. The van der Waals surface area contributed by atoms with Gasteiger partial charge in [0.2, 0.25) is 0 Å². The summed E-state index contributed by atoms with van der Waals surface area (Å²) >= 11 is 3.28. The summed E-state index contributed by atoms with van der Waals surface area (Å²) in [5.74, 6) is 0. The van der Waals surface area contributed by atoms with Crippen molar-refractivity contribution in [3.05, 3.63) is 23.3 Å². The van der Waals surface area contributed by atoms with Crippen molar-refractivity contribution in [3.63, 3.8) is 0 Å². The molecule has 0 aliphatic rings. The first kappa shape index (κ1) is 5.85. The number of halogens is 1. The molecule has 4 heteroatoms. The molecule has 50 valence electrons. The third-order valence-electron chi connectivity index (χ3n) is 1.19. The smallest absolute Gasteiger partial charge is 0.171 e. The fourth-order valence-corrected chi connectivity index (χ4v) is 1.14. The fraction of sp³-hybridized carbons (Fsp3) is 0. The number of hydrogen-bond acceptors (Lipinski definition) is 3. The van der Waals surface area contributed by atoms with Gasteiger partial charge >= 0.3 is 0 Å². The second kappa shape index (κ2) is 2.05. The Kier molecular flexibility index (Phi) is 1.20. The lowest BCUT2D eigenvalue weighted by Crippen LogP contribution is -1.74. The molecule has 0 N–H and O–H groups in total. The largest absolute Gasteiger partial charge is 0.460 e. The monoisotopic (exact) mass is 198 g/mol. The SMILES string of the molecule is Brc1coc2cncnc12. The van der Waals surface area contributed by atoms with Crippen molar-refractivity contribution in [1.29, 1.82) is 0 Å². The molecule has 2 aromatic heterocycles. The van der Waals surface area contributed by atoms with E-state index < -0.39 is 0 Å². The molecule has 0 bridgehead atoms. The molecule has 10 heavy (non-hydrogen) atoms. The standard InChI is InChI=1S/C6H3BrN2O/c7-4-2-10-5-1-8-3-9-6(4)5/h1-3H. The van der Waals surface area contributed by atoms with E-state index in [9.17, 15) is 0 Å². The van der Waals surface area contributed by atoms with Crippen molar-refractivity contribution < 1.29 is 4.42 Å². The highest BCUT2D eigenvalue weighted by Crippen LogP contribution is 2.21. The van der Waals surface area contributed by atoms with E-state index in [1.54, 1.807) is 12.5 Å². The van der Waals surface area contributed by atoms with Crippen LogP contribution < -0.4 is 0 Å². The van der Waals surface area contributed by atoms with Crippen LogP contribution in [-0.4, -0.2) is 9.97 Å². The maximum atomic E-state index is 5.08. The van der Waals surface area contributed by atoms with Gasteiger partial charge in [0.05, 0.1) is 10.7 Å². The fourth-order valence-electron chi connectivity index (χ4n) is 0.753. The van der Waals surface area contributed by atoms with Crippen LogP contribution in [0.3, 0.4) is 0 Å². The van der Waals surface area contributed by atoms with Gasteiger partial charge in [-0.05, 0) is 15.9 Å². The first-order valence-electron chi connectivity index (χ1n) is 2.70. The second-order valence-corrected chi connectivity index (χ2v) is 2.67. The minimum Gasteiger partial charge on any atom is -0.460 e. The zero-order valence-electron chi connectivity index (χ0n) is 4.91. The van der Waals surface area contributed by atoms with Gasteiger partial charge in [-0.15, -0.1) is 0 Å². The van der Waals surface area contributed by atoms with E-state index in [0.29, 0.717) is 5.58 Å². The first-order chi connectivity index (χ1) is 4.88. The van der Waals surface area contributed by atoms with Gasteiger partial charge in [0.15, 0.2) is 5.58 Å². The topological polar surface area (TPSA) is 38.9 Å². The third-order valence-corrected chi connectivity index (χ3v) is 1.76. The van der Waals surface area contributed by atoms with Gasteiger partial charge in [0.1, 0.15) is 18.1 Å². The van der Waals surface area contributed by atoms with Crippen LogP contribution in [0.1, 0.15) is 0 Å². The zero-order chi connectivity index (χ0) is 6.97. The molecule has 2 rings (SSSR count). The highest BCUT2D eigenvalue weighted by atomic mass is 79.9. The number of rotatable bonds is 0. The molecule has 0 unspecified atom stereocenters. The molecule has 0 radical (unpaired) electrons. The Labute approximate surface area is 65.2 Å². The van der Waals surface area contributed by atoms with Crippen LogP contribution in [-0.2, 0) is 0 Å². The van der Waals surface area contributed by atoms with E-state index in [0.717, 1.165) is 9.99 Å². The molecule has 2 heterocycles. The average molecular weight is 199 g/mol. The maximum Gasteiger partial charge on any atom is 0.171 e.